The molecule has 0 spiro atoms. The minimum Gasteiger partial charge on any atom is -0.295 e. The molecule has 1 atom stereocenters. The quantitative estimate of drug-likeness (QED) is 0.203. The zero-order valence-corrected chi connectivity index (χ0v) is 21.4. The van der Waals surface area contributed by atoms with Crippen molar-refractivity contribution in [3.05, 3.63) is 107 Å². The summed E-state index contributed by atoms with van der Waals surface area (Å²) in [5.41, 5.74) is 6.19. The molecule has 0 saturated carbocycles. The van der Waals surface area contributed by atoms with Crippen LogP contribution in [0.2, 0.25) is 0 Å². The highest BCUT2D eigenvalue weighted by Crippen LogP contribution is 2.41. The van der Waals surface area contributed by atoms with E-state index in [2.05, 4.69) is 83.2 Å². The van der Waals surface area contributed by atoms with Crippen LogP contribution in [0.25, 0.3) is 0 Å². The van der Waals surface area contributed by atoms with E-state index >= 15 is 0 Å². The number of hydrogen-bond acceptors (Lipinski definition) is 1. The monoisotopic (exact) mass is 430 g/mol. The summed E-state index contributed by atoms with van der Waals surface area (Å²) in [6.45, 7) is 16.7. The highest BCUT2D eigenvalue weighted by molar-refractivity contribution is 5.92. The lowest BCUT2D eigenvalue weighted by molar-refractivity contribution is -0.113. The maximum Gasteiger partial charge on any atom is 0.155 e. The van der Waals surface area contributed by atoms with Gasteiger partial charge >= 0.3 is 0 Å². The van der Waals surface area contributed by atoms with Crippen molar-refractivity contribution in [1.82, 2.24) is 0 Å². The van der Waals surface area contributed by atoms with Gasteiger partial charge in [-0.15, -0.1) is 0 Å². The van der Waals surface area contributed by atoms with Crippen molar-refractivity contribution in [1.29, 1.82) is 0 Å². The summed E-state index contributed by atoms with van der Waals surface area (Å²) >= 11 is 0. The second kappa shape index (κ2) is 13.7. The first-order chi connectivity index (χ1) is 15.0. The van der Waals surface area contributed by atoms with Crippen molar-refractivity contribution in [3.8, 4) is 0 Å². The lowest BCUT2D eigenvalue weighted by Crippen LogP contribution is -2.26. The standard InChI is InChI=1S/C31H42O/c1-24(14-9-10-15-25(2)18-12-19-27(4)29(6)32)16-11-17-26(3)21-22-30-28(5)20-13-23-31(30,7)8/h9-12,14-22,30H,13,23H2,1-8H3/b10-9+,16-11-,18-12+,22-21+,24-14+,25-15+,26-17+,27-19+. The predicted octanol–water partition coefficient (Wildman–Crippen LogP) is 8.97. The van der Waals surface area contributed by atoms with Crippen LogP contribution >= 0.6 is 0 Å². The molecule has 1 heteroatoms. The van der Waals surface area contributed by atoms with Crippen molar-refractivity contribution in [2.75, 3.05) is 0 Å². The summed E-state index contributed by atoms with van der Waals surface area (Å²) < 4.78 is 0. The fraction of sp³-hybridized carbons (Fsp3) is 0.387. The predicted molar refractivity (Wildman–Crippen MR) is 143 cm³/mol. The summed E-state index contributed by atoms with van der Waals surface area (Å²) in [5, 5.41) is 0. The smallest absolute Gasteiger partial charge is 0.155 e. The van der Waals surface area contributed by atoms with E-state index in [0.717, 1.165) is 11.1 Å². The summed E-state index contributed by atoms with van der Waals surface area (Å²) in [6.07, 6.45) is 29.9. The number of carbonyl (C=O) groups excluding carboxylic acids is 1. The summed E-state index contributed by atoms with van der Waals surface area (Å²) in [4.78, 5) is 11.2. The van der Waals surface area contributed by atoms with Gasteiger partial charge in [-0.3, -0.25) is 4.79 Å². The Kier molecular flexibility index (Phi) is 11.7. The van der Waals surface area contributed by atoms with Gasteiger partial charge in [0.1, 0.15) is 0 Å². The van der Waals surface area contributed by atoms with Crippen LogP contribution in [0.1, 0.15) is 68.2 Å². The van der Waals surface area contributed by atoms with E-state index in [0.29, 0.717) is 11.3 Å². The molecule has 1 nitrogen and oxygen atoms in total. The SMILES string of the molecule is CC(=O)/C(C)=C/C=C/C(C)=C/C=C/C=C(C)/C=C\C=C(C)\C=C\C1C(C)=CCCC1(C)C. The third kappa shape index (κ3) is 10.6. The Bertz CT molecular complexity index is 918. The minimum atomic E-state index is 0.103. The van der Waals surface area contributed by atoms with Gasteiger partial charge in [0, 0.05) is 5.92 Å². The fourth-order valence-corrected chi connectivity index (χ4v) is 3.63. The topological polar surface area (TPSA) is 17.1 Å². The van der Waals surface area contributed by atoms with Gasteiger partial charge in [0.05, 0.1) is 0 Å². The van der Waals surface area contributed by atoms with Crippen molar-refractivity contribution >= 4 is 5.78 Å². The maximum atomic E-state index is 11.2. The summed E-state index contributed by atoms with van der Waals surface area (Å²) in [5.74, 6) is 0.627. The van der Waals surface area contributed by atoms with Gasteiger partial charge in [0.2, 0.25) is 0 Å². The van der Waals surface area contributed by atoms with E-state index in [9.17, 15) is 4.79 Å². The molecule has 1 unspecified atom stereocenters. The third-order valence-corrected chi connectivity index (χ3v) is 5.95. The maximum absolute atomic E-state index is 11.2. The molecule has 0 radical (unpaired) electrons. The fourth-order valence-electron chi connectivity index (χ4n) is 3.63. The molecule has 1 aliphatic carbocycles. The largest absolute Gasteiger partial charge is 0.295 e. The average Bonchev–Trinajstić information content (AvgIpc) is 2.70. The van der Waals surface area contributed by atoms with Crippen molar-refractivity contribution < 1.29 is 4.79 Å². The van der Waals surface area contributed by atoms with Crippen molar-refractivity contribution in [2.45, 2.75) is 68.2 Å². The number of rotatable bonds is 9. The third-order valence-electron chi connectivity index (χ3n) is 5.95. The van der Waals surface area contributed by atoms with Crippen LogP contribution in [-0.2, 0) is 4.79 Å². The molecule has 0 aromatic heterocycles. The molecule has 0 fully saturated rings. The van der Waals surface area contributed by atoms with E-state index in [4.69, 9.17) is 0 Å². The lowest BCUT2D eigenvalue weighted by Gasteiger charge is -2.36. The Hall–Kier alpha value is -2.67. The van der Waals surface area contributed by atoms with Gasteiger partial charge in [0.15, 0.2) is 5.78 Å². The Morgan fingerprint density at radius 2 is 1.31 bits per heavy atom. The number of Topliss-reactive ketones (excluding diaryl/α,β-unsaturated/α-hetero) is 1. The molecule has 172 valence electrons. The molecule has 0 bridgehead atoms. The van der Waals surface area contributed by atoms with Crippen LogP contribution in [-0.4, -0.2) is 5.78 Å². The van der Waals surface area contributed by atoms with Crippen LogP contribution in [0.15, 0.2) is 107 Å². The number of ketones is 1. The molecule has 0 aromatic rings. The van der Waals surface area contributed by atoms with Crippen LogP contribution in [0.3, 0.4) is 0 Å². The molecule has 32 heavy (non-hydrogen) atoms. The number of carbonyl (C=O) groups is 1. The number of allylic oxidation sites excluding steroid dienone is 18. The van der Waals surface area contributed by atoms with Crippen molar-refractivity contribution in [2.24, 2.45) is 11.3 Å². The van der Waals surface area contributed by atoms with E-state index in [1.807, 2.05) is 44.2 Å². The molecule has 0 amide bonds. The molecular formula is C31H42O. The normalized spacial score (nSPS) is 21.4. The minimum absolute atomic E-state index is 0.103. The second-order valence-electron chi connectivity index (χ2n) is 9.55. The number of hydrogen-bond donors (Lipinski definition) is 0. The van der Waals surface area contributed by atoms with Gasteiger partial charge in [-0.05, 0) is 65.4 Å². The Morgan fingerprint density at radius 1 is 0.812 bits per heavy atom. The average molecular weight is 431 g/mol. The van der Waals surface area contributed by atoms with Crippen LogP contribution in [0.5, 0.6) is 0 Å². The first-order valence-corrected chi connectivity index (χ1v) is 11.6. The Morgan fingerprint density at radius 3 is 1.84 bits per heavy atom. The zero-order valence-electron chi connectivity index (χ0n) is 21.4. The molecule has 0 saturated heterocycles. The lowest BCUT2D eigenvalue weighted by atomic mass is 9.68. The highest BCUT2D eigenvalue weighted by Gasteiger charge is 2.30. The van der Waals surface area contributed by atoms with Gasteiger partial charge < -0.3 is 0 Å². The molecule has 0 heterocycles. The van der Waals surface area contributed by atoms with E-state index < -0.39 is 0 Å². The Balaban J connectivity index is 2.63. The van der Waals surface area contributed by atoms with Gasteiger partial charge in [-0.2, -0.15) is 0 Å². The Labute approximate surface area is 197 Å². The summed E-state index contributed by atoms with van der Waals surface area (Å²) in [7, 11) is 0. The zero-order chi connectivity index (χ0) is 24.1. The van der Waals surface area contributed by atoms with Gasteiger partial charge in [0.25, 0.3) is 0 Å². The molecule has 0 N–H and O–H groups in total. The van der Waals surface area contributed by atoms with Crippen LogP contribution < -0.4 is 0 Å². The molecular weight excluding hydrogens is 388 g/mol. The second-order valence-corrected chi connectivity index (χ2v) is 9.55. The van der Waals surface area contributed by atoms with E-state index in [-0.39, 0.29) is 5.78 Å². The van der Waals surface area contributed by atoms with Gasteiger partial charge in [-0.25, -0.2) is 0 Å². The van der Waals surface area contributed by atoms with E-state index in [1.165, 1.54) is 29.6 Å². The molecule has 1 aliphatic rings. The molecule has 1 rings (SSSR count). The van der Waals surface area contributed by atoms with Gasteiger partial charge in [-0.1, -0.05) is 115 Å². The first-order valence-electron chi connectivity index (χ1n) is 11.6. The first kappa shape index (κ1) is 27.4. The summed E-state index contributed by atoms with van der Waals surface area (Å²) in [6, 6.07) is 0. The molecule has 0 aromatic carbocycles. The van der Waals surface area contributed by atoms with Crippen LogP contribution in [0.4, 0.5) is 0 Å². The van der Waals surface area contributed by atoms with Crippen molar-refractivity contribution in [3.63, 3.8) is 0 Å². The highest BCUT2D eigenvalue weighted by atomic mass is 16.1. The van der Waals surface area contributed by atoms with E-state index in [1.54, 1.807) is 6.92 Å². The van der Waals surface area contributed by atoms with Crippen LogP contribution in [0, 0.1) is 11.3 Å². The molecule has 0 aliphatic heterocycles.